The van der Waals surface area contributed by atoms with Crippen LogP contribution in [0, 0.1) is 0 Å². The summed E-state index contributed by atoms with van der Waals surface area (Å²) in [6.45, 7) is 0.00948. The number of ether oxygens (including phenoxy) is 1. The van der Waals surface area contributed by atoms with E-state index in [0.717, 1.165) is 11.0 Å². The number of rotatable bonds is 7. The third-order valence-corrected chi connectivity index (χ3v) is 3.99. The summed E-state index contributed by atoms with van der Waals surface area (Å²) < 4.78 is 4.83. The van der Waals surface area contributed by atoms with Crippen molar-refractivity contribution in [1.82, 2.24) is 5.32 Å². The summed E-state index contributed by atoms with van der Waals surface area (Å²) in [6, 6.07) is 13.3. The summed E-state index contributed by atoms with van der Waals surface area (Å²) in [5.74, 6) is -1.13. The smallest absolute Gasteiger partial charge is 0.342 e. The minimum Gasteiger partial charge on any atom is -0.508 e. The lowest BCUT2D eigenvalue weighted by atomic mass is 10.2. The molecule has 0 fully saturated rings. The number of carbonyl (C=O) groups excluding carboxylic acids is 2. The van der Waals surface area contributed by atoms with Crippen molar-refractivity contribution < 1.29 is 24.5 Å². The summed E-state index contributed by atoms with van der Waals surface area (Å²) in [6.07, 6.45) is 0. The van der Waals surface area contributed by atoms with Crippen LogP contribution in [-0.2, 0) is 9.53 Å². The zero-order valence-corrected chi connectivity index (χ0v) is 13.6. The zero-order chi connectivity index (χ0) is 17.4. The van der Waals surface area contributed by atoms with Crippen LogP contribution < -0.4 is 5.32 Å². The van der Waals surface area contributed by atoms with Crippen molar-refractivity contribution >= 4 is 23.6 Å². The van der Waals surface area contributed by atoms with Crippen LogP contribution in [0.1, 0.15) is 10.4 Å². The van der Waals surface area contributed by atoms with Crippen LogP contribution in [0.4, 0.5) is 0 Å². The number of phenols is 2. The third-order valence-electron chi connectivity index (χ3n) is 2.97. The Labute approximate surface area is 143 Å². The maximum atomic E-state index is 11.7. The second-order valence-corrected chi connectivity index (χ2v) is 5.96. The summed E-state index contributed by atoms with van der Waals surface area (Å²) in [5, 5.41) is 21.4. The summed E-state index contributed by atoms with van der Waals surface area (Å²) >= 11 is 1.61. The molecule has 0 aromatic heterocycles. The van der Waals surface area contributed by atoms with E-state index in [0.29, 0.717) is 12.3 Å². The highest BCUT2D eigenvalue weighted by atomic mass is 32.2. The van der Waals surface area contributed by atoms with Crippen LogP contribution in [0.15, 0.2) is 53.4 Å². The average Bonchev–Trinajstić information content (AvgIpc) is 2.57. The highest BCUT2D eigenvalue weighted by Gasteiger charge is 2.14. The van der Waals surface area contributed by atoms with E-state index in [2.05, 4.69) is 5.32 Å². The maximum Gasteiger partial charge on any atom is 0.342 e. The molecule has 3 N–H and O–H groups in total. The zero-order valence-electron chi connectivity index (χ0n) is 12.8. The van der Waals surface area contributed by atoms with Crippen LogP contribution in [-0.4, -0.2) is 41.0 Å². The van der Waals surface area contributed by atoms with Crippen LogP contribution in [0.3, 0.4) is 0 Å². The number of phenolic OH excluding ortho intramolecular Hbond substituents is 2. The number of hydrogen-bond acceptors (Lipinski definition) is 6. The fraction of sp³-hybridized carbons (Fsp3) is 0.176. The van der Waals surface area contributed by atoms with Crippen molar-refractivity contribution in [3.63, 3.8) is 0 Å². The van der Waals surface area contributed by atoms with Crippen LogP contribution in [0.2, 0.25) is 0 Å². The van der Waals surface area contributed by atoms with Crippen molar-refractivity contribution in [2.45, 2.75) is 4.90 Å². The molecule has 0 aliphatic rings. The molecule has 24 heavy (non-hydrogen) atoms. The monoisotopic (exact) mass is 347 g/mol. The Balaban J connectivity index is 1.68. The highest BCUT2D eigenvalue weighted by molar-refractivity contribution is 7.99. The predicted molar refractivity (Wildman–Crippen MR) is 90.2 cm³/mol. The molecule has 0 aliphatic carbocycles. The quantitative estimate of drug-likeness (QED) is 0.404. The molecule has 0 spiro atoms. The molecule has 0 radical (unpaired) electrons. The van der Waals surface area contributed by atoms with Gasteiger partial charge in [-0.05, 0) is 24.3 Å². The second-order valence-electron chi connectivity index (χ2n) is 4.79. The molecular formula is C17H17NO5S. The SMILES string of the molecule is O=C(COC(=O)c1ccc(O)cc1O)NCCSc1ccccc1. The lowest BCUT2D eigenvalue weighted by Crippen LogP contribution is -2.30. The number of esters is 1. The van der Waals surface area contributed by atoms with E-state index in [-0.39, 0.29) is 11.3 Å². The second kappa shape index (κ2) is 8.83. The third kappa shape index (κ3) is 5.51. The standard InChI is InChI=1S/C17H17NO5S/c19-12-6-7-14(15(20)10-12)17(22)23-11-16(21)18-8-9-24-13-4-2-1-3-5-13/h1-7,10,19-20H,8-9,11H2,(H,18,21). The van der Waals surface area contributed by atoms with Gasteiger partial charge in [0.15, 0.2) is 6.61 Å². The first-order chi connectivity index (χ1) is 11.6. The van der Waals surface area contributed by atoms with Crippen LogP contribution >= 0.6 is 11.8 Å². The molecule has 0 heterocycles. The Morgan fingerprint density at radius 1 is 1.08 bits per heavy atom. The molecule has 6 nitrogen and oxygen atoms in total. The Bertz CT molecular complexity index is 705. The molecule has 0 saturated heterocycles. The predicted octanol–water partition coefficient (Wildman–Crippen LogP) is 2.16. The maximum absolute atomic E-state index is 11.7. The van der Waals surface area contributed by atoms with E-state index in [1.807, 2.05) is 30.3 Å². The summed E-state index contributed by atoms with van der Waals surface area (Å²) in [7, 11) is 0. The van der Waals surface area contributed by atoms with E-state index in [4.69, 9.17) is 9.84 Å². The van der Waals surface area contributed by atoms with Gasteiger partial charge >= 0.3 is 5.97 Å². The Kier molecular flexibility index (Phi) is 6.51. The first kappa shape index (κ1) is 17.7. The Morgan fingerprint density at radius 3 is 2.54 bits per heavy atom. The van der Waals surface area contributed by atoms with E-state index in [9.17, 15) is 14.7 Å². The van der Waals surface area contributed by atoms with Gasteiger partial charge in [-0.3, -0.25) is 4.79 Å². The molecule has 0 saturated carbocycles. The topological polar surface area (TPSA) is 95.9 Å². The first-order valence-electron chi connectivity index (χ1n) is 7.20. The molecule has 1 amide bonds. The van der Waals surface area contributed by atoms with E-state index in [1.165, 1.54) is 12.1 Å². The molecule has 2 aromatic rings. The number of benzene rings is 2. The molecule has 0 aliphatic heterocycles. The number of carbonyl (C=O) groups is 2. The average molecular weight is 347 g/mol. The van der Waals surface area contributed by atoms with Crippen molar-refractivity contribution in [3.8, 4) is 11.5 Å². The summed E-state index contributed by atoms with van der Waals surface area (Å²) in [4.78, 5) is 24.5. The van der Waals surface area contributed by atoms with Gasteiger partial charge in [0.1, 0.15) is 17.1 Å². The van der Waals surface area contributed by atoms with Gasteiger partial charge in [-0.15, -0.1) is 11.8 Å². The largest absolute Gasteiger partial charge is 0.508 e. The summed E-state index contributed by atoms with van der Waals surface area (Å²) in [5.41, 5.74) is -0.111. The number of amides is 1. The van der Waals surface area contributed by atoms with Gasteiger partial charge in [0.05, 0.1) is 0 Å². The number of nitrogens with one attached hydrogen (secondary N) is 1. The Morgan fingerprint density at radius 2 is 1.83 bits per heavy atom. The number of thioether (sulfide) groups is 1. The van der Waals surface area contributed by atoms with Gasteiger partial charge in [0.25, 0.3) is 5.91 Å². The molecule has 0 unspecified atom stereocenters. The first-order valence-corrected chi connectivity index (χ1v) is 8.18. The molecule has 2 rings (SSSR count). The normalized spacial score (nSPS) is 10.2. The van der Waals surface area contributed by atoms with Crippen LogP contribution in [0.5, 0.6) is 11.5 Å². The minimum absolute atomic E-state index is 0.111. The molecule has 0 atom stereocenters. The fourth-order valence-corrected chi connectivity index (χ4v) is 2.62. The van der Waals surface area contributed by atoms with Crippen molar-refractivity contribution in [2.75, 3.05) is 18.9 Å². The fourth-order valence-electron chi connectivity index (χ4n) is 1.83. The lowest BCUT2D eigenvalue weighted by molar-refractivity contribution is -0.124. The lowest BCUT2D eigenvalue weighted by Gasteiger charge is -2.07. The van der Waals surface area contributed by atoms with Gasteiger partial charge in [0, 0.05) is 23.3 Å². The van der Waals surface area contributed by atoms with Gasteiger partial charge in [-0.25, -0.2) is 4.79 Å². The molecule has 7 heteroatoms. The van der Waals surface area contributed by atoms with Crippen molar-refractivity contribution in [1.29, 1.82) is 0 Å². The van der Waals surface area contributed by atoms with E-state index in [1.54, 1.807) is 11.8 Å². The molecular weight excluding hydrogens is 330 g/mol. The van der Waals surface area contributed by atoms with Gasteiger partial charge in [-0.2, -0.15) is 0 Å². The van der Waals surface area contributed by atoms with Gasteiger partial charge in [0.2, 0.25) is 0 Å². The van der Waals surface area contributed by atoms with Crippen molar-refractivity contribution in [2.24, 2.45) is 0 Å². The number of hydrogen-bond donors (Lipinski definition) is 3. The van der Waals surface area contributed by atoms with E-state index >= 15 is 0 Å². The minimum atomic E-state index is -0.832. The number of aromatic hydroxyl groups is 2. The van der Waals surface area contributed by atoms with Gasteiger partial charge < -0.3 is 20.3 Å². The van der Waals surface area contributed by atoms with E-state index < -0.39 is 24.2 Å². The van der Waals surface area contributed by atoms with Crippen LogP contribution in [0.25, 0.3) is 0 Å². The Hall–Kier alpha value is -2.67. The molecule has 0 bridgehead atoms. The van der Waals surface area contributed by atoms with Crippen molar-refractivity contribution in [3.05, 3.63) is 54.1 Å². The highest BCUT2D eigenvalue weighted by Crippen LogP contribution is 2.23. The molecule has 2 aromatic carbocycles. The molecule has 126 valence electrons. The van der Waals surface area contributed by atoms with Gasteiger partial charge in [-0.1, -0.05) is 18.2 Å².